The van der Waals surface area contributed by atoms with E-state index in [2.05, 4.69) is 15.3 Å². The highest BCUT2D eigenvalue weighted by molar-refractivity contribution is 5.90. The molecule has 0 aliphatic carbocycles. The Bertz CT molecular complexity index is 2290. The van der Waals surface area contributed by atoms with Crippen LogP contribution in [0.25, 0.3) is 27.6 Å². The van der Waals surface area contributed by atoms with Crippen LogP contribution in [0, 0.1) is 0 Å². The van der Waals surface area contributed by atoms with Crippen LogP contribution in [0.1, 0.15) is 22.3 Å². The van der Waals surface area contributed by atoms with Crippen LogP contribution in [0.3, 0.4) is 0 Å². The van der Waals surface area contributed by atoms with Crippen LogP contribution >= 0.6 is 0 Å². The molecule has 0 spiro atoms. The summed E-state index contributed by atoms with van der Waals surface area (Å²) in [7, 11) is 1.59. The molecule has 0 saturated heterocycles. The van der Waals surface area contributed by atoms with E-state index >= 15 is 0 Å². The van der Waals surface area contributed by atoms with Gasteiger partial charge in [-0.05, 0) is 52.9 Å². The third-order valence-electron chi connectivity index (χ3n) is 8.84. The van der Waals surface area contributed by atoms with E-state index in [9.17, 15) is 19.5 Å². The van der Waals surface area contributed by atoms with Crippen molar-refractivity contribution in [2.75, 3.05) is 0 Å². The topological polar surface area (TPSA) is 119 Å². The maximum atomic E-state index is 13.6. The monoisotopic (exact) mass is 633 g/mol. The fraction of sp³-hybridized carbons (Fsp3) is 0.103. The van der Waals surface area contributed by atoms with Crippen molar-refractivity contribution in [1.29, 1.82) is 0 Å². The molecule has 0 aliphatic heterocycles. The number of carboxylic acids is 1. The van der Waals surface area contributed by atoms with E-state index in [4.69, 9.17) is 0 Å². The molecule has 7 aromatic rings. The van der Waals surface area contributed by atoms with E-state index < -0.39 is 28.8 Å². The third kappa shape index (κ3) is 5.16. The fourth-order valence-corrected chi connectivity index (χ4v) is 6.56. The lowest BCUT2D eigenvalue weighted by Gasteiger charge is -2.39. The third-order valence-corrected chi connectivity index (χ3v) is 8.84. The van der Waals surface area contributed by atoms with E-state index in [1.165, 1.54) is 10.8 Å². The molecule has 2 N–H and O–H groups in total. The van der Waals surface area contributed by atoms with Gasteiger partial charge in [0.05, 0.1) is 22.3 Å². The van der Waals surface area contributed by atoms with Gasteiger partial charge < -0.3 is 5.11 Å². The van der Waals surface area contributed by atoms with Crippen molar-refractivity contribution >= 4 is 27.9 Å². The molecule has 0 amide bonds. The molecule has 0 fully saturated rings. The zero-order chi connectivity index (χ0) is 33.3. The number of aromatic nitrogens is 4. The number of carboxylic acid groups (broad SMARTS) is 1. The highest BCUT2D eigenvalue weighted by Crippen LogP contribution is 2.38. The molecular formula is C39H31N5O4. The van der Waals surface area contributed by atoms with Gasteiger partial charge in [-0.3, -0.25) is 24.5 Å². The summed E-state index contributed by atoms with van der Waals surface area (Å²) >= 11 is 0. The second kappa shape index (κ2) is 12.5. The Morgan fingerprint density at radius 2 is 1.27 bits per heavy atom. The predicted molar refractivity (Wildman–Crippen MR) is 185 cm³/mol. The quantitative estimate of drug-likeness (QED) is 0.210. The first-order chi connectivity index (χ1) is 23.4. The number of aliphatic carboxylic acids is 1. The van der Waals surface area contributed by atoms with Gasteiger partial charge in [0, 0.05) is 24.8 Å². The Kier molecular flexibility index (Phi) is 7.96. The van der Waals surface area contributed by atoms with Crippen LogP contribution in [0.4, 0.5) is 0 Å². The van der Waals surface area contributed by atoms with Crippen molar-refractivity contribution < 1.29 is 9.90 Å². The van der Waals surface area contributed by atoms with Gasteiger partial charge in [-0.15, -0.1) is 0 Å². The van der Waals surface area contributed by atoms with Crippen molar-refractivity contribution in [3.8, 4) is 5.69 Å². The van der Waals surface area contributed by atoms with Gasteiger partial charge in [0.1, 0.15) is 6.04 Å². The predicted octanol–water partition coefficient (Wildman–Crippen LogP) is 5.21. The Morgan fingerprint density at radius 1 is 0.729 bits per heavy atom. The summed E-state index contributed by atoms with van der Waals surface area (Å²) < 4.78 is 2.46. The molecule has 1 unspecified atom stereocenters. The average Bonchev–Trinajstić information content (AvgIpc) is 3.14. The molecule has 7 rings (SSSR count). The lowest BCUT2D eigenvalue weighted by molar-refractivity contribution is -0.139. The lowest BCUT2D eigenvalue weighted by atomic mass is 9.76. The second-order valence-corrected chi connectivity index (χ2v) is 11.6. The number of aryl methyl sites for hydroxylation is 1. The van der Waals surface area contributed by atoms with Crippen molar-refractivity contribution in [2.45, 2.75) is 18.0 Å². The summed E-state index contributed by atoms with van der Waals surface area (Å²) in [6.45, 7) is 0. The molecule has 0 saturated carbocycles. The highest BCUT2D eigenvalue weighted by atomic mass is 16.4. The van der Waals surface area contributed by atoms with E-state index in [0.717, 1.165) is 21.3 Å². The molecular weight excluding hydrogens is 602 g/mol. The van der Waals surface area contributed by atoms with Crippen LogP contribution in [0.2, 0.25) is 0 Å². The zero-order valence-electron chi connectivity index (χ0n) is 26.0. The smallest absolute Gasteiger partial charge is 0.336 e. The van der Waals surface area contributed by atoms with Gasteiger partial charge in [0.15, 0.2) is 5.52 Å². The van der Waals surface area contributed by atoms with Crippen LogP contribution < -0.4 is 16.6 Å². The fourth-order valence-electron chi connectivity index (χ4n) is 6.56. The Labute approximate surface area is 275 Å². The minimum Gasteiger partial charge on any atom is -0.480 e. The zero-order valence-corrected chi connectivity index (χ0v) is 26.0. The largest absolute Gasteiger partial charge is 0.480 e. The van der Waals surface area contributed by atoms with Gasteiger partial charge in [0.25, 0.3) is 5.56 Å². The molecule has 236 valence electrons. The summed E-state index contributed by atoms with van der Waals surface area (Å²) in [5, 5.41) is 15.0. The molecule has 0 aliphatic rings. The number of hydrogen-bond acceptors (Lipinski definition) is 6. The van der Waals surface area contributed by atoms with E-state index in [0.29, 0.717) is 27.7 Å². The highest BCUT2D eigenvalue weighted by Gasteiger charge is 2.40. The summed E-state index contributed by atoms with van der Waals surface area (Å²) in [4.78, 5) is 49.2. The van der Waals surface area contributed by atoms with Crippen LogP contribution in [0.15, 0.2) is 149 Å². The summed E-state index contributed by atoms with van der Waals surface area (Å²) in [5.74, 6) is -1.03. The molecule has 0 radical (unpaired) electrons. The van der Waals surface area contributed by atoms with Gasteiger partial charge in [-0.2, -0.15) is 0 Å². The number of benzene rings is 4. The van der Waals surface area contributed by atoms with E-state index in [1.807, 2.05) is 97.1 Å². The van der Waals surface area contributed by atoms with Gasteiger partial charge >= 0.3 is 11.7 Å². The maximum Gasteiger partial charge on any atom is 0.336 e. The summed E-state index contributed by atoms with van der Waals surface area (Å²) in [6, 6.07) is 38.7. The molecule has 48 heavy (non-hydrogen) atoms. The Balaban J connectivity index is 1.38. The van der Waals surface area contributed by atoms with Crippen LogP contribution in [0.5, 0.6) is 0 Å². The molecule has 4 aromatic carbocycles. The Morgan fingerprint density at radius 3 is 1.83 bits per heavy atom. The average molecular weight is 634 g/mol. The van der Waals surface area contributed by atoms with Crippen LogP contribution in [-0.2, 0) is 23.8 Å². The molecule has 9 nitrogen and oxygen atoms in total. The van der Waals surface area contributed by atoms with Crippen molar-refractivity contribution in [1.82, 2.24) is 24.4 Å². The molecule has 1 atom stereocenters. The molecule has 3 aromatic heterocycles. The standard InChI is InChI=1S/C39H31N5O4/c1-43-32-20-12-24-41-35(32)36(45)44(38(43)48)33-22-21-26(30-19-11-23-40-34(30)33)25-31(37(46)47)42-39(27-13-5-2-6-14-27,28-15-7-3-8-16-28)29-17-9-4-10-18-29/h2-24,31,42H,25H2,1H3,(H,46,47). The lowest BCUT2D eigenvalue weighted by Crippen LogP contribution is -2.53. The maximum absolute atomic E-state index is 13.6. The minimum absolute atomic E-state index is 0.0816. The Hall–Kier alpha value is -6.19. The first-order valence-electron chi connectivity index (χ1n) is 15.5. The first-order valence-corrected chi connectivity index (χ1v) is 15.5. The van der Waals surface area contributed by atoms with Crippen molar-refractivity contribution in [3.63, 3.8) is 0 Å². The molecule has 3 heterocycles. The number of hydrogen-bond donors (Lipinski definition) is 2. The number of nitrogens with zero attached hydrogens (tertiary/aromatic N) is 4. The summed E-state index contributed by atoms with van der Waals surface area (Å²) in [5.41, 5.74) is 2.50. The minimum atomic E-state index is -1.07. The number of nitrogens with one attached hydrogen (secondary N) is 1. The molecule has 0 bridgehead atoms. The van der Waals surface area contributed by atoms with Gasteiger partial charge in [0.2, 0.25) is 0 Å². The first kappa shape index (κ1) is 30.5. The number of carbonyl (C=O) groups is 1. The summed E-state index contributed by atoms with van der Waals surface area (Å²) in [6.07, 6.45) is 3.18. The van der Waals surface area contributed by atoms with Crippen LogP contribution in [-0.4, -0.2) is 36.2 Å². The number of rotatable bonds is 9. The van der Waals surface area contributed by atoms with Gasteiger partial charge in [-0.25, -0.2) is 14.3 Å². The van der Waals surface area contributed by atoms with Crippen molar-refractivity contribution in [3.05, 3.63) is 183 Å². The van der Waals surface area contributed by atoms with Gasteiger partial charge in [-0.1, -0.05) is 103 Å². The van der Waals surface area contributed by atoms with E-state index in [-0.39, 0.29) is 11.9 Å². The second-order valence-electron chi connectivity index (χ2n) is 11.6. The normalized spacial score (nSPS) is 12.3. The van der Waals surface area contributed by atoms with E-state index in [1.54, 1.807) is 43.6 Å². The molecule has 9 heteroatoms. The number of fused-ring (bicyclic) bond motifs is 2. The number of pyridine rings is 2. The SMILES string of the molecule is Cn1c(=O)n(-c2ccc(CC(NC(c3ccccc3)(c3ccccc3)c3ccccc3)C(=O)O)c3cccnc23)c(=O)c2ncccc21. The van der Waals surface area contributed by atoms with Crippen molar-refractivity contribution in [2.24, 2.45) is 7.05 Å².